The smallest absolute Gasteiger partial charge is 0.381 e. The van der Waals surface area contributed by atoms with Gasteiger partial charge in [0.05, 0.1) is 21.6 Å². The highest BCUT2D eigenvalue weighted by atomic mass is 32.1. The van der Waals surface area contributed by atoms with Crippen LogP contribution < -0.4 is 5.32 Å². The van der Waals surface area contributed by atoms with Crippen LogP contribution in [0.25, 0.3) is 10.2 Å². The number of aromatic nitrogens is 1. The number of benzene rings is 1. The van der Waals surface area contributed by atoms with Crippen molar-refractivity contribution in [1.82, 2.24) is 9.88 Å². The van der Waals surface area contributed by atoms with Crippen molar-refractivity contribution >= 4 is 33.3 Å². The van der Waals surface area contributed by atoms with Gasteiger partial charge in [0.25, 0.3) is 0 Å². The molecule has 1 aromatic carbocycles. The Morgan fingerprint density at radius 2 is 2.11 bits per heavy atom. The molecule has 0 bridgehead atoms. The topological polar surface area (TPSA) is 54.5 Å². The first-order valence-corrected chi connectivity index (χ1v) is 9.79. The maximum atomic E-state index is 13.6. The van der Waals surface area contributed by atoms with Crippen LogP contribution in [-0.4, -0.2) is 48.4 Å². The van der Waals surface area contributed by atoms with Gasteiger partial charge in [-0.15, -0.1) is 11.3 Å². The van der Waals surface area contributed by atoms with Crippen LogP contribution in [0.4, 0.5) is 23.7 Å². The lowest BCUT2D eigenvalue weighted by molar-refractivity contribution is -0.232. The number of hydrogen-bond donors (Lipinski definition) is 1. The number of fused-ring (bicyclic) bond motifs is 1. The number of carbonyl (C=O) groups excluding carboxylic acids is 1. The molecule has 0 radical (unpaired) electrons. The van der Waals surface area contributed by atoms with E-state index in [0.717, 1.165) is 10.2 Å². The van der Waals surface area contributed by atoms with Gasteiger partial charge in [-0.2, -0.15) is 13.2 Å². The van der Waals surface area contributed by atoms with Crippen LogP contribution in [-0.2, 0) is 4.74 Å². The van der Waals surface area contributed by atoms with Gasteiger partial charge in [-0.25, -0.2) is 9.78 Å². The molecule has 146 valence electrons. The zero-order chi connectivity index (χ0) is 19.1. The molecule has 0 saturated carbocycles. The maximum absolute atomic E-state index is 13.6. The predicted molar refractivity (Wildman–Crippen MR) is 96.9 cm³/mol. The average Bonchev–Trinajstić information content (AvgIpc) is 3.09. The number of anilines is 1. The summed E-state index contributed by atoms with van der Waals surface area (Å²) in [6.45, 7) is 0.824. The predicted octanol–water partition coefficient (Wildman–Crippen LogP) is 4.51. The number of urea groups is 1. The first-order valence-electron chi connectivity index (χ1n) is 8.91. The number of halogens is 3. The Morgan fingerprint density at radius 1 is 1.33 bits per heavy atom. The standard InChI is InChI=1S/C18H20F3N3O2S/c19-18(20,21)15-3-6-24(10-17(15)4-7-26-8-5-17)16(25)23-12-1-2-13-14(9-12)27-11-22-13/h1-2,9,11,15H,3-8,10H2,(H,23,25)/t15-/m0/s1. The van der Waals surface area contributed by atoms with Crippen molar-refractivity contribution in [2.24, 2.45) is 11.3 Å². The Hall–Kier alpha value is -1.87. The van der Waals surface area contributed by atoms with E-state index in [1.54, 1.807) is 11.6 Å². The van der Waals surface area contributed by atoms with Gasteiger partial charge in [0.1, 0.15) is 0 Å². The summed E-state index contributed by atoms with van der Waals surface area (Å²) >= 11 is 1.47. The zero-order valence-corrected chi connectivity index (χ0v) is 15.4. The van der Waals surface area contributed by atoms with Gasteiger partial charge in [-0.3, -0.25) is 0 Å². The van der Waals surface area contributed by atoms with Crippen LogP contribution in [0.2, 0.25) is 0 Å². The molecule has 3 heterocycles. The largest absolute Gasteiger partial charge is 0.392 e. The third kappa shape index (κ3) is 3.62. The number of rotatable bonds is 1. The van der Waals surface area contributed by atoms with E-state index in [4.69, 9.17) is 4.74 Å². The highest BCUT2D eigenvalue weighted by molar-refractivity contribution is 7.16. The monoisotopic (exact) mass is 399 g/mol. The maximum Gasteiger partial charge on any atom is 0.392 e. The second-order valence-corrected chi connectivity index (χ2v) is 8.13. The molecule has 2 aliphatic rings. The molecule has 27 heavy (non-hydrogen) atoms. The van der Waals surface area contributed by atoms with E-state index in [-0.39, 0.29) is 25.5 Å². The normalized spacial score (nSPS) is 22.9. The Bertz CT molecular complexity index is 833. The zero-order valence-electron chi connectivity index (χ0n) is 14.6. The highest BCUT2D eigenvalue weighted by Crippen LogP contribution is 2.50. The van der Waals surface area contributed by atoms with Crippen molar-refractivity contribution in [2.75, 3.05) is 31.6 Å². The average molecular weight is 399 g/mol. The van der Waals surface area contributed by atoms with Crippen LogP contribution in [0, 0.1) is 11.3 Å². The molecule has 2 fully saturated rings. The minimum absolute atomic E-state index is 0.0647. The van der Waals surface area contributed by atoms with E-state index < -0.39 is 17.5 Å². The molecule has 2 aliphatic heterocycles. The number of amides is 2. The minimum Gasteiger partial charge on any atom is -0.381 e. The molecular formula is C18H20F3N3O2S. The van der Waals surface area contributed by atoms with Crippen molar-refractivity contribution in [3.8, 4) is 0 Å². The number of alkyl halides is 3. The summed E-state index contributed by atoms with van der Waals surface area (Å²) in [5.41, 5.74) is 2.25. The Balaban J connectivity index is 1.51. The van der Waals surface area contributed by atoms with Crippen molar-refractivity contribution in [3.63, 3.8) is 0 Å². The van der Waals surface area contributed by atoms with E-state index >= 15 is 0 Å². The van der Waals surface area contributed by atoms with E-state index in [2.05, 4.69) is 10.3 Å². The second-order valence-electron chi connectivity index (χ2n) is 7.24. The fraction of sp³-hybridized carbons (Fsp3) is 0.556. The van der Waals surface area contributed by atoms with Crippen molar-refractivity contribution in [1.29, 1.82) is 0 Å². The Kier molecular flexibility index (Phi) is 4.75. The summed E-state index contributed by atoms with van der Waals surface area (Å²) in [7, 11) is 0. The Morgan fingerprint density at radius 3 is 2.85 bits per heavy atom. The van der Waals surface area contributed by atoms with E-state index in [9.17, 15) is 18.0 Å². The molecule has 9 heteroatoms. The number of carbonyl (C=O) groups is 1. The summed E-state index contributed by atoms with van der Waals surface area (Å²) in [6, 6.07) is 5.05. The van der Waals surface area contributed by atoms with Crippen LogP contribution in [0.1, 0.15) is 19.3 Å². The number of nitrogens with one attached hydrogen (secondary N) is 1. The number of ether oxygens (including phenoxy) is 1. The molecule has 1 N–H and O–H groups in total. The van der Waals surface area contributed by atoms with Gasteiger partial charge in [0, 0.05) is 37.4 Å². The molecule has 1 spiro atoms. The summed E-state index contributed by atoms with van der Waals surface area (Å²) in [4.78, 5) is 18.4. The van der Waals surface area contributed by atoms with Gasteiger partial charge in [0.15, 0.2) is 0 Å². The molecule has 5 nitrogen and oxygen atoms in total. The van der Waals surface area contributed by atoms with Crippen LogP contribution in [0.3, 0.4) is 0 Å². The lowest BCUT2D eigenvalue weighted by Gasteiger charge is -2.50. The number of likely N-dealkylation sites (tertiary alicyclic amines) is 1. The minimum atomic E-state index is -4.25. The second kappa shape index (κ2) is 6.94. The molecule has 0 unspecified atom stereocenters. The Labute approximate surface area is 158 Å². The molecule has 0 aliphatic carbocycles. The van der Waals surface area contributed by atoms with E-state index in [1.807, 2.05) is 12.1 Å². The van der Waals surface area contributed by atoms with E-state index in [0.29, 0.717) is 31.7 Å². The quantitative estimate of drug-likeness (QED) is 0.768. The lowest BCUT2D eigenvalue weighted by Crippen LogP contribution is -2.57. The lowest BCUT2D eigenvalue weighted by atomic mass is 9.66. The van der Waals surface area contributed by atoms with E-state index in [1.165, 1.54) is 16.2 Å². The molecule has 2 saturated heterocycles. The molecule has 2 amide bonds. The first kappa shape index (κ1) is 18.5. The molecule has 4 rings (SSSR count). The van der Waals surface area contributed by atoms with Gasteiger partial charge >= 0.3 is 12.2 Å². The van der Waals surface area contributed by atoms with Crippen LogP contribution >= 0.6 is 11.3 Å². The van der Waals surface area contributed by atoms with Crippen molar-refractivity contribution < 1.29 is 22.7 Å². The molecule has 1 aromatic heterocycles. The molecular weight excluding hydrogens is 379 g/mol. The van der Waals surface area contributed by atoms with Gasteiger partial charge in [-0.05, 0) is 37.5 Å². The van der Waals surface area contributed by atoms with Crippen molar-refractivity contribution in [3.05, 3.63) is 23.7 Å². The molecule has 2 aromatic rings. The number of thiazole rings is 1. The van der Waals surface area contributed by atoms with Crippen LogP contribution in [0.5, 0.6) is 0 Å². The van der Waals surface area contributed by atoms with Gasteiger partial charge in [-0.1, -0.05) is 0 Å². The summed E-state index contributed by atoms with van der Waals surface area (Å²) in [5, 5.41) is 2.82. The fourth-order valence-corrected chi connectivity index (χ4v) is 4.98. The number of nitrogens with zero attached hydrogens (tertiary/aromatic N) is 2. The van der Waals surface area contributed by atoms with Gasteiger partial charge in [0.2, 0.25) is 0 Å². The third-order valence-electron chi connectivity index (χ3n) is 5.69. The summed E-state index contributed by atoms with van der Waals surface area (Å²) < 4.78 is 47.0. The highest BCUT2D eigenvalue weighted by Gasteiger charge is 2.56. The fourth-order valence-electron chi connectivity index (χ4n) is 4.26. The van der Waals surface area contributed by atoms with Crippen LogP contribution in [0.15, 0.2) is 23.7 Å². The number of piperidine rings is 1. The third-order valence-corrected chi connectivity index (χ3v) is 6.48. The van der Waals surface area contributed by atoms with Gasteiger partial charge < -0.3 is 15.0 Å². The summed E-state index contributed by atoms with van der Waals surface area (Å²) in [5.74, 6) is -1.38. The summed E-state index contributed by atoms with van der Waals surface area (Å²) in [6.07, 6.45) is -3.66. The SMILES string of the molecule is O=C(Nc1ccc2ncsc2c1)N1CC[C@H](C(F)(F)F)C2(CCOCC2)C1. The number of hydrogen-bond acceptors (Lipinski definition) is 4. The molecule has 1 atom stereocenters. The first-order chi connectivity index (χ1) is 12.9. The van der Waals surface area contributed by atoms with Crippen molar-refractivity contribution in [2.45, 2.75) is 25.4 Å².